The first-order chi connectivity index (χ1) is 7.00. The van der Waals surface area contributed by atoms with E-state index in [4.69, 9.17) is 10.1 Å². The molecule has 0 aromatic rings. The second kappa shape index (κ2) is 6.34. The largest absolute Gasteiger partial charge is 0.478 e. The molecule has 92 valence electrons. The van der Waals surface area contributed by atoms with Gasteiger partial charge in [-0.15, -0.1) is 12.4 Å². The normalized spacial score (nSPS) is 17.8. The molecule has 0 bridgehead atoms. The summed E-state index contributed by atoms with van der Waals surface area (Å²) in [6.45, 7) is 2.40. The molecule has 4 nitrogen and oxygen atoms in total. The molecule has 6 heteroatoms. The quantitative estimate of drug-likeness (QED) is 0.277. The molecule has 16 heavy (non-hydrogen) atoms. The number of halogens is 2. The van der Waals surface area contributed by atoms with Gasteiger partial charge < -0.3 is 14.5 Å². The highest BCUT2D eigenvalue weighted by molar-refractivity contribution is 14.1. The fraction of sp³-hybridized carbons (Fsp3) is 0.500. The SMILES string of the molecule is CCOC(=N)C=CC1(I)N(C)C=CN1C.Cl. The van der Waals surface area contributed by atoms with E-state index in [-0.39, 0.29) is 22.0 Å². The molecule has 1 aliphatic heterocycles. The van der Waals surface area contributed by atoms with Gasteiger partial charge in [0, 0.05) is 32.6 Å². The average molecular weight is 358 g/mol. The van der Waals surface area contributed by atoms with E-state index in [2.05, 4.69) is 32.4 Å². The summed E-state index contributed by atoms with van der Waals surface area (Å²) in [5, 5.41) is 7.50. The molecular formula is C10H17ClIN3O. The second-order valence-corrected chi connectivity index (χ2v) is 4.87. The lowest BCUT2D eigenvalue weighted by Crippen LogP contribution is -2.42. The fourth-order valence-electron chi connectivity index (χ4n) is 1.28. The van der Waals surface area contributed by atoms with Crippen molar-refractivity contribution in [2.45, 2.75) is 10.6 Å². The maximum Gasteiger partial charge on any atom is 0.205 e. The highest BCUT2D eigenvalue weighted by Crippen LogP contribution is 2.32. The van der Waals surface area contributed by atoms with Crippen molar-refractivity contribution >= 4 is 40.9 Å². The number of likely N-dealkylation sites (N-methyl/N-ethyl adjacent to an activating group) is 2. The van der Waals surface area contributed by atoms with E-state index >= 15 is 0 Å². The van der Waals surface area contributed by atoms with Crippen molar-refractivity contribution in [1.29, 1.82) is 5.41 Å². The van der Waals surface area contributed by atoms with Gasteiger partial charge in [0.05, 0.1) is 6.61 Å². The van der Waals surface area contributed by atoms with E-state index < -0.39 is 0 Å². The van der Waals surface area contributed by atoms with Crippen LogP contribution in [-0.4, -0.2) is 40.1 Å². The van der Waals surface area contributed by atoms with Gasteiger partial charge in [-0.3, -0.25) is 5.41 Å². The number of nitrogens with one attached hydrogen (secondary N) is 1. The van der Waals surface area contributed by atoms with Crippen molar-refractivity contribution < 1.29 is 4.74 Å². The maximum absolute atomic E-state index is 7.50. The van der Waals surface area contributed by atoms with Crippen molar-refractivity contribution in [2.75, 3.05) is 20.7 Å². The fourth-order valence-corrected chi connectivity index (χ4v) is 1.78. The summed E-state index contributed by atoms with van der Waals surface area (Å²) in [6, 6.07) is 0. The van der Waals surface area contributed by atoms with E-state index in [9.17, 15) is 0 Å². The Morgan fingerprint density at radius 2 is 1.94 bits per heavy atom. The van der Waals surface area contributed by atoms with Crippen LogP contribution in [-0.2, 0) is 4.74 Å². The van der Waals surface area contributed by atoms with Crippen molar-refractivity contribution in [2.24, 2.45) is 0 Å². The molecule has 0 saturated heterocycles. The van der Waals surface area contributed by atoms with Gasteiger partial charge in [0.15, 0.2) is 3.67 Å². The molecule has 0 aliphatic carbocycles. The predicted octanol–water partition coefficient (Wildman–Crippen LogP) is 2.42. The summed E-state index contributed by atoms with van der Waals surface area (Å²) in [5.74, 6) is 0.197. The molecule has 0 aromatic carbocycles. The Bertz CT molecular complexity index is 294. The van der Waals surface area contributed by atoms with Gasteiger partial charge >= 0.3 is 0 Å². The standard InChI is InChI=1S/C10H16IN3O.ClH/c1-4-15-9(12)5-6-10(11)13(2)7-8-14(10)3;/h5-8,12H,4H2,1-3H3;1H. The van der Waals surface area contributed by atoms with Gasteiger partial charge in [0.2, 0.25) is 5.90 Å². The lowest BCUT2D eigenvalue weighted by molar-refractivity contribution is 0.238. The van der Waals surface area contributed by atoms with Gasteiger partial charge in [-0.1, -0.05) is 0 Å². The minimum atomic E-state index is -0.235. The van der Waals surface area contributed by atoms with Gasteiger partial charge in [0.1, 0.15) is 0 Å². The first-order valence-electron chi connectivity index (χ1n) is 4.74. The molecule has 1 N–H and O–H groups in total. The summed E-state index contributed by atoms with van der Waals surface area (Å²) in [7, 11) is 4.00. The van der Waals surface area contributed by atoms with E-state index in [1.807, 2.05) is 39.5 Å². The zero-order chi connectivity index (χ0) is 11.5. The van der Waals surface area contributed by atoms with Crippen LogP contribution in [0.25, 0.3) is 0 Å². The Hall–Kier alpha value is -0.430. The molecule has 0 saturated carbocycles. The van der Waals surface area contributed by atoms with Crippen LogP contribution in [0.2, 0.25) is 0 Å². The molecule has 0 fully saturated rings. The van der Waals surface area contributed by atoms with Crippen LogP contribution < -0.4 is 0 Å². The zero-order valence-corrected chi connectivity index (χ0v) is 12.6. The number of rotatable bonds is 3. The third-order valence-corrected chi connectivity index (χ3v) is 4.13. The van der Waals surface area contributed by atoms with Crippen LogP contribution in [0.15, 0.2) is 24.6 Å². The molecule has 1 aliphatic rings. The third kappa shape index (κ3) is 3.28. The van der Waals surface area contributed by atoms with Crippen molar-refractivity contribution in [3.05, 3.63) is 24.6 Å². The van der Waals surface area contributed by atoms with E-state index in [0.717, 1.165) is 0 Å². The minimum absolute atomic E-state index is 0. The molecule has 0 radical (unpaired) electrons. The topological polar surface area (TPSA) is 39.6 Å². The minimum Gasteiger partial charge on any atom is -0.478 e. The lowest BCUT2D eigenvalue weighted by Gasteiger charge is -2.34. The summed E-state index contributed by atoms with van der Waals surface area (Å²) in [6.07, 6.45) is 7.64. The summed E-state index contributed by atoms with van der Waals surface area (Å²) in [4.78, 5) is 4.15. The Balaban J connectivity index is 0.00000225. The van der Waals surface area contributed by atoms with Crippen LogP contribution in [0.4, 0.5) is 0 Å². The molecule has 1 heterocycles. The Morgan fingerprint density at radius 1 is 1.44 bits per heavy atom. The summed E-state index contributed by atoms with van der Waals surface area (Å²) < 4.78 is 4.82. The Morgan fingerprint density at radius 3 is 2.38 bits per heavy atom. The van der Waals surface area contributed by atoms with Crippen LogP contribution in [0, 0.1) is 5.41 Å². The molecule has 0 spiro atoms. The molecule has 0 atom stereocenters. The monoisotopic (exact) mass is 357 g/mol. The predicted molar refractivity (Wildman–Crippen MR) is 77.2 cm³/mol. The van der Waals surface area contributed by atoms with E-state index in [1.165, 1.54) is 0 Å². The van der Waals surface area contributed by atoms with Crippen molar-refractivity contribution in [3.63, 3.8) is 0 Å². The number of nitrogens with zero attached hydrogens (tertiary/aromatic N) is 2. The first-order valence-corrected chi connectivity index (χ1v) is 5.82. The van der Waals surface area contributed by atoms with Crippen molar-refractivity contribution in [3.8, 4) is 0 Å². The molecule has 0 unspecified atom stereocenters. The molecular weight excluding hydrogens is 340 g/mol. The second-order valence-electron chi connectivity index (χ2n) is 3.29. The Kier molecular flexibility index (Phi) is 6.17. The smallest absolute Gasteiger partial charge is 0.205 e. The highest BCUT2D eigenvalue weighted by atomic mass is 127. The number of ether oxygens (including phenoxy) is 1. The van der Waals surface area contributed by atoms with Crippen LogP contribution in [0.1, 0.15) is 6.92 Å². The molecule has 0 aromatic heterocycles. The first kappa shape index (κ1) is 15.6. The number of alkyl halides is 1. The van der Waals surface area contributed by atoms with Gasteiger partial charge in [0.25, 0.3) is 0 Å². The summed E-state index contributed by atoms with van der Waals surface area (Å²) >= 11 is 2.33. The average Bonchev–Trinajstić information content (AvgIpc) is 2.44. The van der Waals surface area contributed by atoms with E-state index in [0.29, 0.717) is 6.61 Å². The highest BCUT2D eigenvalue weighted by Gasteiger charge is 2.34. The van der Waals surface area contributed by atoms with Crippen LogP contribution in [0.5, 0.6) is 0 Å². The van der Waals surface area contributed by atoms with Crippen LogP contribution in [0.3, 0.4) is 0 Å². The van der Waals surface area contributed by atoms with Crippen LogP contribution >= 0.6 is 35.0 Å². The zero-order valence-electron chi connectivity index (χ0n) is 9.61. The molecule has 1 rings (SSSR count). The molecule has 0 amide bonds. The lowest BCUT2D eigenvalue weighted by atomic mass is 10.3. The third-order valence-electron chi connectivity index (χ3n) is 2.25. The number of hydrogen-bond donors (Lipinski definition) is 1. The Labute approximate surface area is 116 Å². The van der Waals surface area contributed by atoms with Gasteiger partial charge in [-0.25, -0.2) is 0 Å². The number of hydrogen-bond acceptors (Lipinski definition) is 4. The summed E-state index contributed by atoms with van der Waals surface area (Å²) in [5.41, 5.74) is 0. The van der Waals surface area contributed by atoms with Gasteiger partial charge in [-0.2, -0.15) is 0 Å². The maximum atomic E-state index is 7.50. The van der Waals surface area contributed by atoms with Crippen molar-refractivity contribution in [1.82, 2.24) is 9.80 Å². The van der Waals surface area contributed by atoms with Gasteiger partial charge in [-0.05, 0) is 35.6 Å². The van der Waals surface area contributed by atoms with E-state index in [1.54, 1.807) is 6.08 Å².